The largest absolute Gasteiger partial charge is 0.490 e. The molecular weight excluding hydrogens is 545 g/mol. The van der Waals surface area contributed by atoms with Gasteiger partial charge in [0, 0.05) is 12.0 Å². The first-order valence-electron chi connectivity index (χ1n) is 11.5. The lowest BCUT2D eigenvalue weighted by atomic mass is 9.69. The number of sulfonamides is 1. The maximum Gasteiger partial charge on any atom is 0.416 e. The van der Waals surface area contributed by atoms with Gasteiger partial charge in [0.25, 0.3) is 0 Å². The molecule has 0 amide bonds. The molecule has 0 bridgehead atoms. The van der Waals surface area contributed by atoms with E-state index >= 15 is 0 Å². The highest BCUT2D eigenvalue weighted by Gasteiger charge is 2.63. The number of hydrogen-bond acceptors (Lipinski definition) is 6. The Morgan fingerprint density at radius 2 is 1.65 bits per heavy atom. The van der Waals surface area contributed by atoms with E-state index in [2.05, 4.69) is 4.72 Å². The fourth-order valence-electron chi connectivity index (χ4n) is 5.48. The Labute approximate surface area is 209 Å². The van der Waals surface area contributed by atoms with Crippen LogP contribution < -0.4 is 4.72 Å². The van der Waals surface area contributed by atoms with E-state index in [0.29, 0.717) is 37.1 Å². The van der Waals surface area contributed by atoms with Crippen LogP contribution in [-0.2, 0) is 35.6 Å². The Morgan fingerprint density at radius 3 is 2.24 bits per heavy atom. The molecule has 2 saturated carbocycles. The van der Waals surface area contributed by atoms with Crippen LogP contribution in [0.1, 0.15) is 37.7 Å². The van der Waals surface area contributed by atoms with E-state index in [1.807, 2.05) is 0 Å². The molecule has 3 aliphatic carbocycles. The summed E-state index contributed by atoms with van der Waals surface area (Å²) in [6.45, 7) is -0.545. The maximum atomic E-state index is 14.8. The number of nitrogens with one attached hydrogen (secondary N) is 1. The van der Waals surface area contributed by atoms with Crippen LogP contribution >= 0.6 is 0 Å². The number of sulfone groups is 1. The number of benzene rings is 1. The molecule has 0 saturated heterocycles. The second kappa shape index (κ2) is 8.34. The van der Waals surface area contributed by atoms with E-state index in [-0.39, 0.29) is 12.8 Å². The second-order valence-electron chi connectivity index (χ2n) is 9.78. The van der Waals surface area contributed by atoms with Crippen molar-refractivity contribution in [3.05, 3.63) is 53.3 Å². The SMILES string of the molecule is O=C1C=CC(F)(F)C2=C1[C@]1(S(=O)(=O)c3ccc(C(F)(F)F)cc3)CC[C@@H](NS(=O)(=O)C3CC3)C[C@@H]1CO2. The monoisotopic (exact) mass is 567 g/mol. The van der Waals surface area contributed by atoms with Gasteiger partial charge in [-0.05, 0) is 68.5 Å². The summed E-state index contributed by atoms with van der Waals surface area (Å²) in [5.41, 5.74) is -1.85. The second-order valence-corrected chi connectivity index (χ2v) is 14.0. The molecule has 0 aromatic heterocycles. The van der Waals surface area contributed by atoms with Crippen molar-refractivity contribution in [3.63, 3.8) is 0 Å². The number of carbonyl (C=O) groups is 1. The number of hydrogen-bond donors (Lipinski definition) is 1. The van der Waals surface area contributed by atoms with E-state index in [0.717, 1.165) is 12.1 Å². The molecule has 37 heavy (non-hydrogen) atoms. The number of ether oxygens (including phenoxy) is 1. The topological polar surface area (TPSA) is 107 Å². The zero-order chi connectivity index (χ0) is 27.0. The minimum atomic E-state index is -4.74. The summed E-state index contributed by atoms with van der Waals surface area (Å²) in [6.07, 6.45) is -3.51. The molecule has 0 radical (unpaired) electrons. The molecule has 1 N–H and O–H groups in total. The average molecular weight is 568 g/mol. The minimum absolute atomic E-state index is 0.0956. The molecule has 14 heteroatoms. The van der Waals surface area contributed by atoms with Gasteiger partial charge in [0.05, 0.1) is 27.9 Å². The summed E-state index contributed by atoms with van der Waals surface area (Å²) in [4.78, 5) is 12.4. The Bertz CT molecular complexity index is 1410. The van der Waals surface area contributed by atoms with Crippen molar-refractivity contribution < 1.29 is 48.3 Å². The van der Waals surface area contributed by atoms with Gasteiger partial charge in [0.2, 0.25) is 10.0 Å². The molecule has 3 atom stereocenters. The fourth-order valence-corrected chi connectivity index (χ4v) is 9.48. The number of carbonyl (C=O) groups excluding carboxylic acids is 1. The first-order chi connectivity index (χ1) is 17.1. The van der Waals surface area contributed by atoms with E-state index in [1.165, 1.54) is 0 Å². The highest BCUT2D eigenvalue weighted by molar-refractivity contribution is 7.93. The van der Waals surface area contributed by atoms with Crippen LogP contribution in [0.2, 0.25) is 0 Å². The molecule has 0 unspecified atom stereocenters. The number of halogens is 5. The first-order valence-corrected chi connectivity index (χ1v) is 14.5. The van der Waals surface area contributed by atoms with Gasteiger partial charge in [0.15, 0.2) is 21.4 Å². The molecule has 1 aromatic carbocycles. The van der Waals surface area contributed by atoms with Gasteiger partial charge >= 0.3 is 12.1 Å². The first kappa shape index (κ1) is 26.3. The average Bonchev–Trinajstić information content (AvgIpc) is 3.66. The smallest absolute Gasteiger partial charge is 0.416 e. The molecule has 0 spiro atoms. The summed E-state index contributed by atoms with van der Waals surface area (Å²) < 4.78 is 127. The highest BCUT2D eigenvalue weighted by Crippen LogP contribution is 2.55. The van der Waals surface area contributed by atoms with Crippen LogP contribution in [0, 0.1) is 5.92 Å². The lowest BCUT2D eigenvalue weighted by Gasteiger charge is -2.50. The van der Waals surface area contributed by atoms with Crippen LogP contribution in [0.5, 0.6) is 0 Å². The van der Waals surface area contributed by atoms with Crippen LogP contribution in [0.25, 0.3) is 0 Å². The number of allylic oxidation sites excluding steroid dienone is 2. The molecule has 202 valence electrons. The van der Waals surface area contributed by atoms with Crippen molar-refractivity contribution in [2.75, 3.05) is 6.61 Å². The minimum Gasteiger partial charge on any atom is -0.490 e. The molecule has 1 aliphatic heterocycles. The Hall–Kier alpha value is -2.32. The zero-order valence-corrected chi connectivity index (χ0v) is 20.7. The van der Waals surface area contributed by atoms with Crippen molar-refractivity contribution in [2.24, 2.45) is 5.92 Å². The van der Waals surface area contributed by atoms with Gasteiger partial charge in [-0.15, -0.1) is 0 Å². The third-order valence-electron chi connectivity index (χ3n) is 7.43. The molecule has 5 rings (SSSR count). The predicted octanol–water partition coefficient (Wildman–Crippen LogP) is 3.53. The van der Waals surface area contributed by atoms with Crippen molar-refractivity contribution in [1.82, 2.24) is 4.72 Å². The molecule has 2 fully saturated rings. The third kappa shape index (κ3) is 4.20. The Morgan fingerprint density at radius 1 is 1.00 bits per heavy atom. The van der Waals surface area contributed by atoms with Crippen LogP contribution in [-0.4, -0.2) is 51.2 Å². The van der Waals surface area contributed by atoms with E-state index in [4.69, 9.17) is 4.74 Å². The van der Waals surface area contributed by atoms with Crippen molar-refractivity contribution in [3.8, 4) is 0 Å². The van der Waals surface area contributed by atoms with Crippen molar-refractivity contribution in [2.45, 2.75) is 65.1 Å². The maximum absolute atomic E-state index is 14.8. The third-order valence-corrected chi connectivity index (χ3v) is 12.0. The summed E-state index contributed by atoms with van der Waals surface area (Å²) in [6, 6.07) is 1.89. The lowest BCUT2D eigenvalue weighted by molar-refractivity contribution is -0.137. The highest BCUT2D eigenvalue weighted by atomic mass is 32.2. The fraction of sp³-hybridized carbons (Fsp3) is 0.522. The van der Waals surface area contributed by atoms with Crippen LogP contribution in [0.3, 0.4) is 0 Å². The molecule has 7 nitrogen and oxygen atoms in total. The van der Waals surface area contributed by atoms with Gasteiger partial charge in [-0.3, -0.25) is 4.79 Å². The Kier molecular flexibility index (Phi) is 5.93. The summed E-state index contributed by atoms with van der Waals surface area (Å²) in [5.74, 6) is -6.99. The van der Waals surface area contributed by atoms with Gasteiger partial charge in [-0.2, -0.15) is 22.0 Å². The number of ketones is 1. The van der Waals surface area contributed by atoms with E-state index in [1.54, 1.807) is 0 Å². The number of alkyl halides is 5. The van der Waals surface area contributed by atoms with Gasteiger partial charge < -0.3 is 4.74 Å². The summed E-state index contributed by atoms with van der Waals surface area (Å²) >= 11 is 0. The van der Waals surface area contributed by atoms with E-state index < -0.39 is 94.5 Å². The number of rotatable bonds is 5. The van der Waals surface area contributed by atoms with Crippen molar-refractivity contribution >= 4 is 25.6 Å². The quantitative estimate of drug-likeness (QED) is 0.546. The number of fused-ring (bicyclic) bond motifs is 2. The van der Waals surface area contributed by atoms with Gasteiger partial charge in [-0.1, -0.05) is 0 Å². The Balaban J connectivity index is 1.62. The summed E-state index contributed by atoms with van der Waals surface area (Å²) in [5, 5.41) is -0.546. The normalized spacial score (nSPS) is 29.9. The van der Waals surface area contributed by atoms with Crippen LogP contribution in [0.15, 0.2) is 52.6 Å². The molecule has 4 aliphatic rings. The standard InChI is InChI=1S/C23H22F5NO6S2/c24-22(25)10-8-18(30)19-20(22)35-12-14-11-15(29-37(33,34)17-5-6-17)7-9-21(14,19)36(31,32)16-3-1-13(2-4-16)23(26,27)28/h1-4,8,10,14-15,17,29H,5-7,9,11-12H2/t14-,15-,21+/m1/s1. The van der Waals surface area contributed by atoms with Gasteiger partial charge in [-0.25, -0.2) is 21.6 Å². The van der Waals surface area contributed by atoms with Gasteiger partial charge in [0.1, 0.15) is 4.75 Å². The van der Waals surface area contributed by atoms with Crippen LogP contribution in [0.4, 0.5) is 22.0 Å². The molecule has 1 aromatic rings. The lowest BCUT2D eigenvalue weighted by Crippen LogP contribution is -2.60. The molecule has 1 heterocycles. The predicted molar refractivity (Wildman–Crippen MR) is 120 cm³/mol. The zero-order valence-electron chi connectivity index (χ0n) is 19.1. The molecular formula is C23H22F5NO6S2. The van der Waals surface area contributed by atoms with E-state index in [9.17, 15) is 43.6 Å². The summed E-state index contributed by atoms with van der Waals surface area (Å²) in [7, 11) is -8.40. The van der Waals surface area contributed by atoms with Crippen molar-refractivity contribution in [1.29, 1.82) is 0 Å².